The molecule has 66 valence electrons. The summed E-state index contributed by atoms with van der Waals surface area (Å²) in [7, 11) is 0. The Balaban J connectivity index is 3.18. The average molecular weight is 167 g/mol. The molecule has 0 aliphatic heterocycles. The molecule has 0 saturated carbocycles. The first kappa shape index (κ1) is 9.04. The minimum Gasteiger partial charge on any atom is -0.398 e. The molecule has 0 fully saturated rings. The van der Waals surface area contributed by atoms with Crippen LogP contribution < -0.4 is 5.73 Å². The maximum Gasteiger partial charge on any atom is 0.128 e. The van der Waals surface area contributed by atoms with Gasteiger partial charge >= 0.3 is 0 Å². The van der Waals surface area contributed by atoms with Crippen LogP contribution in [-0.4, -0.2) is 0 Å². The molecule has 1 aromatic rings. The maximum atomic E-state index is 13.2. The Morgan fingerprint density at radius 1 is 1.25 bits per heavy atom. The summed E-state index contributed by atoms with van der Waals surface area (Å²) in [5.74, 6) is -0.172. The minimum atomic E-state index is -0.172. The number of hydrogen-bond donors (Lipinski definition) is 1. The predicted octanol–water partition coefficient (Wildman–Crippen LogP) is 2.53. The van der Waals surface area contributed by atoms with Crippen molar-refractivity contribution in [2.75, 3.05) is 5.73 Å². The molecule has 0 aliphatic rings. The lowest BCUT2D eigenvalue weighted by molar-refractivity contribution is 0.611. The number of halogens is 1. The van der Waals surface area contributed by atoms with Gasteiger partial charge in [-0.05, 0) is 30.5 Å². The number of nitrogens with two attached hydrogens (primary N) is 1. The second-order valence-corrected chi connectivity index (χ2v) is 2.85. The van der Waals surface area contributed by atoms with E-state index >= 15 is 0 Å². The highest BCUT2D eigenvalue weighted by Gasteiger charge is 2.05. The number of rotatable bonds is 2. The molecule has 2 N–H and O–H groups in total. The number of hydrogen-bond acceptors (Lipinski definition) is 1. The van der Waals surface area contributed by atoms with Crippen LogP contribution in [0.5, 0.6) is 0 Å². The highest BCUT2D eigenvalue weighted by Crippen LogP contribution is 2.19. The summed E-state index contributed by atoms with van der Waals surface area (Å²) in [6.07, 6.45) is 1.48. The number of benzene rings is 1. The molecule has 0 spiro atoms. The SMILES string of the molecule is CCc1cc(N)c(CC)c(F)c1. The topological polar surface area (TPSA) is 26.0 Å². The van der Waals surface area contributed by atoms with E-state index in [9.17, 15) is 4.39 Å². The van der Waals surface area contributed by atoms with Crippen molar-refractivity contribution in [2.24, 2.45) is 0 Å². The molecule has 0 amide bonds. The first-order valence-electron chi connectivity index (χ1n) is 4.25. The van der Waals surface area contributed by atoms with Gasteiger partial charge in [0.1, 0.15) is 5.82 Å². The zero-order valence-electron chi connectivity index (χ0n) is 7.52. The van der Waals surface area contributed by atoms with Crippen molar-refractivity contribution in [3.8, 4) is 0 Å². The molecule has 12 heavy (non-hydrogen) atoms. The zero-order chi connectivity index (χ0) is 9.14. The molecule has 1 rings (SSSR count). The summed E-state index contributed by atoms with van der Waals surface area (Å²) in [5.41, 5.74) is 7.84. The molecular weight excluding hydrogens is 153 g/mol. The first-order chi connectivity index (χ1) is 5.69. The fourth-order valence-electron chi connectivity index (χ4n) is 1.29. The molecule has 0 heterocycles. The third-order valence-electron chi connectivity index (χ3n) is 2.05. The van der Waals surface area contributed by atoms with Crippen molar-refractivity contribution in [2.45, 2.75) is 26.7 Å². The van der Waals surface area contributed by atoms with Crippen LogP contribution in [0.15, 0.2) is 12.1 Å². The lowest BCUT2D eigenvalue weighted by atomic mass is 10.1. The summed E-state index contributed by atoms with van der Waals surface area (Å²) < 4.78 is 13.2. The number of anilines is 1. The Kier molecular flexibility index (Phi) is 2.69. The van der Waals surface area contributed by atoms with Gasteiger partial charge in [-0.15, -0.1) is 0 Å². The molecule has 0 atom stereocenters. The fourth-order valence-corrected chi connectivity index (χ4v) is 1.29. The lowest BCUT2D eigenvalue weighted by Crippen LogP contribution is -1.98. The molecule has 1 nitrogen and oxygen atoms in total. The maximum absolute atomic E-state index is 13.2. The van der Waals surface area contributed by atoms with Crippen LogP contribution in [0.4, 0.5) is 10.1 Å². The Labute approximate surface area is 72.4 Å². The molecule has 0 aliphatic carbocycles. The van der Waals surface area contributed by atoms with Crippen molar-refractivity contribution < 1.29 is 4.39 Å². The van der Waals surface area contributed by atoms with Crippen LogP contribution in [0.2, 0.25) is 0 Å². The van der Waals surface area contributed by atoms with Crippen LogP contribution in [-0.2, 0) is 12.8 Å². The van der Waals surface area contributed by atoms with Crippen molar-refractivity contribution >= 4 is 5.69 Å². The van der Waals surface area contributed by atoms with Gasteiger partial charge in [-0.25, -0.2) is 4.39 Å². The van der Waals surface area contributed by atoms with Crippen molar-refractivity contribution in [1.82, 2.24) is 0 Å². The molecule has 2 heteroatoms. The summed E-state index contributed by atoms with van der Waals surface area (Å²) >= 11 is 0. The van der Waals surface area contributed by atoms with Crippen molar-refractivity contribution in [1.29, 1.82) is 0 Å². The molecule has 0 unspecified atom stereocenters. The minimum absolute atomic E-state index is 0.172. The summed E-state index contributed by atoms with van der Waals surface area (Å²) in [4.78, 5) is 0. The lowest BCUT2D eigenvalue weighted by Gasteiger charge is -2.06. The second kappa shape index (κ2) is 3.57. The van der Waals surface area contributed by atoms with Crippen LogP contribution >= 0.6 is 0 Å². The van der Waals surface area contributed by atoms with Gasteiger partial charge in [0.15, 0.2) is 0 Å². The third-order valence-corrected chi connectivity index (χ3v) is 2.05. The highest BCUT2D eigenvalue weighted by atomic mass is 19.1. The first-order valence-corrected chi connectivity index (χ1v) is 4.25. The summed E-state index contributed by atoms with van der Waals surface area (Å²) in [5, 5.41) is 0. The van der Waals surface area contributed by atoms with E-state index in [2.05, 4.69) is 0 Å². The predicted molar refractivity (Wildman–Crippen MR) is 49.6 cm³/mol. The van der Waals surface area contributed by atoms with E-state index in [1.54, 1.807) is 6.07 Å². The van der Waals surface area contributed by atoms with Gasteiger partial charge in [0.25, 0.3) is 0 Å². The third kappa shape index (κ3) is 1.58. The standard InChI is InChI=1S/C10H14FN/c1-3-7-5-9(11)8(4-2)10(12)6-7/h5-6H,3-4,12H2,1-2H3. The van der Waals surface area contributed by atoms with Gasteiger partial charge < -0.3 is 5.73 Å². The number of nitrogen functional groups attached to an aromatic ring is 1. The molecule has 0 bridgehead atoms. The Morgan fingerprint density at radius 3 is 2.33 bits per heavy atom. The van der Waals surface area contributed by atoms with Gasteiger partial charge in [0.2, 0.25) is 0 Å². The quantitative estimate of drug-likeness (QED) is 0.673. The van der Waals surface area contributed by atoms with E-state index < -0.39 is 0 Å². The van der Waals surface area contributed by atoms with Gasteiger partial charge in [-0.1, -0.05) is 13.8 Å². The van der Waals surface area contributed by atoms with Gasteiger partial charge in [-0.3, -0.25) is 0 Å². The average Bonchev–Trinajstić information content (AvgIpc) is 2.03. The van der Waals surface area contributed by atoms with Gasteiger partial charge in [0, 0.05) is 11.3 Å². The van der Waals surface area contributed by atoms with Crippen LogP contribution in [0.3, 0.4) is 0 Å². The monoisotopic (exact) mass is 167 g/mol. The number of aryl methyl sites for hydroxylation is 1. The van der Waals surface area contributed by atoms with Crippen LogP contribution in [0.1, 0.15) is 25.0 Å². The fraction of sp³-hybridized carbons (Fsp3) is 0.400. The normalized spacial score (nSPS) is 10.2. The van der Waals surface area contributed by atoms with E-state index in [0.29, 0.717) is 17.7 Å². The zero-order valence-corrected chi connectivity index (χ0v) is 7.52. The van der Waals surface area contributed by atoms with Crippen LogP contribution in [0.25, 0.3) is 0 Å². The van der Waals surface area contributed by atoms with Gasteiger partial charge in [-0.2, -0.15) is 0 Å². The molecular formula is C10H14FN. The van der Waals surface area contributed by atoms with E-state index in [1.807, 2.05) is 19.9 Å². The van der Waals surface area contributed by atoms with Crippen LogP contribution in [0, 0.1) is 5.82 Å². The Morgan fingerprint density at radius 2 is 1.92 bits per heavy atom. The Hall–Kier alpha value is -1.05. The molecule has 0 radical (unpaired) electrons. The second-order valence-electron chi connectivity index (χ2n) is 2.85. The smallest absolute Gasteiger partial charge is 0.128 e. The highest BCUT2D eigenvalue weighted by molar-refractivity contribution is 5.50. The molecule has 1 aromatic carbocycles. The van der Waals surface area contributed by atoms with E-state index in [1.165, 1.54) is 0 Å². The largest absolute Gasteiger partial charge is 0.398 e. The Bertz CT molecular complexity index is 258. The molecule has 0 saturated heterocycles. The van der Waals surface area contributed by atoms with Crippen molar-refractivity contribution in [3.63, 3.8) is 0 Å². The van der Waals surface area contributed by atoms with E-state index in [-0.39, 0.29) is 5.82 Å². The van der Waals surface area contributed by atoms with Crippen molar-refractivity contribution in [3.05, 3.63) is 29.1 Å². The van der Waals surface area contributed by atoms with E-state index in [0.717, 1.165) is 12.0 Å². The summed E-state index contributed by atoms with van der Waals surface area (Å²) in [6.45, 7) is 3.89. The summed E-state index contributed by atoms with van der Waals surface area (Å²) in [6, 6.07) is 3.41. The molecule has 0 aromatic heterocycles. The van der Waals surface area contributed by atoms with E-state index in [4.69, 9.17) is 5.73 Å². The van der Waals surface area contributed by atoms with Gasteiger partial charge in [0.05, 0.1) is 0 Å².